The lowest BCUT2D eigenvalue weighted by molar-refractivity contribution is 0.124. The van der Waals surface area contributed by atoms with Crippen molar-refractivity contribution in [1.82, 2.24) is 4.98 Å². The molecule has 1 aliphatic carbocycles. The van der Waals surface area contributed by atoms with Crippen molar-refractivity contribution in [2.75, 3.05) is 30.5 Å². The van der Waals surface area contributed by atoms with E-state index >= 15 is 0 Å². The van der Waals surface area contributed by atoms with Gasteiger partial charge in [-0.15, -0.1) is 0 Å². The zero-order chi connectivity index (χ0) is 11.9. The van der Waals surface area contributed by atoms with Crippen LogP contribution in [0.3, 0.4) is 0 Å². The van der Waals surface area contributed by atoms with Crippen molar-refractivity contribution in [2.45, 2.75) is 19.3 Å². The van der Waals surface area contributed by atoms with Crippen LogP contribution in [0.4, 0.5) is 11.5 Å². The number of aromatic nitrogens is 1. The number of rotatable bonds is 8. The lowest BCUT2D eigenvalue weighted by Crippen LogP contribution is -2.10. The molecule has 0 aromatic carbocycles. The highest BCUT2D eigenvalue weighted by atomic mass is 16.5. The summed E-state index contributed by atoms with van der Waals surface area (Å²) in [6.45, 7) is 2.67. The molecule has 5 heteroatoms. The molecule has 94 valence electrons. The second kappa shape index (κ2) is 6.42. The third-order valence-corrected chi connectivity index (χ3v) is 2.75. The van der Waals surface area contributed by atoms with Gasteiger partial charge in [-0.25, -0.2) is 10.8 Å². The summed E-state index contributed by atoms with van der Waals surface area (Å²) in [4.78, 5) is 4.04. The number of nitrogens with two attached hydrogens (primary N) is 1. The third-order valence-electron chi connectivity index (χ3n) is 2.75. The van der Waals surface area contributed by atoms with Gasteiger partial charge in [-0.05, 0) is 31.2 Å². The van der Waals surface area contributed by atoms with E-state index in [9.17, 15) is 0 Å². The van der Waals surface area contributed by atoms with Crippen molar-refractivity contribution in [3.05, 3.63) is 18.3 Å². The van der Waals surface area contributed by atoms with E-state index in [-0.39, 0.29) is 0 Å². The normalized spacial score (nSPS) is 14.6. The standard InChI is InChI=1S/C12H20N4O/c13-16-12-8-11(4-6-15-12)14-5-1-7-17-9-10-2-3-10/h4,6,8,10H,1-3,5,7,9,13H2,(H2,14,15,16). The van der Waals surface area contributed by atoms with Crippen LogP contribution in [0.25, 0.3) is 0 Å². The number of nitrogen functional groups attached to an aromatic ring is 1. The van der Waals surface area contributed by atoms with Crippen LogP contribution in [0.5, 0.6) is 0 Å². The molecule has 0 atom stereocenters. The fourth-order valence-corrected chi connectivity index (χ4v) is 1.56. The molecule has 2 rings (SSSR count). The molecule has 5 nitrogen and oxygen atoms in total. The highest BCUT2D eigenvalue weighted by Gasteiger charge is 2.20. The maximum atomic E-state index is 5.56. The fourth-order valence-electron chi connectivity index (χ4n) is 1.56. The highest BCUT2D eigenvalue weighted by molar-refractivity contribution is 5.51. The Labute approximate surface area is 102 Å². The molecule has 0 bridgehead atoms. The van der Waals surface area contributed by atoms with Crippen molar-refractivity contribution in [3.8, 4) is 0 Å². The van der Waals surface area contributed by atoms with E-state index in [0.717, 1.165) is 37.8 Å². The molecule has 17 heavy (non-hydrogen) atoms. The maximum Gasteiger partial charge on any atom is 0.141 e. The number of hydrogen-bond acceptors (Lipinski definition) is 5. The topological polar surface area (TPSA) is 72.2 Å². The fraction of sp³-hybridized carbons (Fsp3) is 0.583. The lowest BCUT2D eigenvalue weighted by Gasteiger charge is -2.08. The van der Waals surface area contributed by atoms with E-state index in [1.165, 1.54) is 12.8 Å². The molecule has 1 fully saturated rings. The number of ether oxygens (including phenoxy) is 1. The smallest absolute Gasteiger partial charge is 0.141 e. The van der Waals surface area contributed by atoms with E-state index < -0.39 is 0 Å². The Hall–Kier alpha value is -1.33. The summed E-state index contributed by atoms with van der Waals surface area (Å²) in [5.41, 5.74) is 3.54. The van der Waals surface area contributed by atoms with Crippen molar-refractivity contribution in [2.24, 2.45) is 11.8 Å². The van der Waals surface area contributed by atoms with Gasteiger partial charge in [-0.2, -0.15) is 0 Å². The van der Waals surface area contributed by atoms with Gasteiger partial charge in [0, 0.05) is 37.7 Å². The summed E-state index contributed by atoms with van der Waals surface area (Å²) in [6.07, 6.45) is 5.44. The average Bonchev–Trinajstić information content (AvgIpc) is 3.18. The molecule has 1 aromatic rings. The summed E-state index contributed by atoms with van der Waals surface area (Å²) in [7, 11) is 0. The number of nitrogens with zero attached hydrogens (tertiary/aromatic N) is 1. The number of anilines is 2. The Morgan fingerprint density at radius 2 is 2.35 bits per heavy atom. The zero-order valence-corrected chi connectivity index (χ0v) is 9.98. The van der Waals surface area contributed by atoms with E-state index in [1.54, 1.807) is 6.20 Å². The van der Waals surface area contributed by atoms with E-state index in [2.05, 4.69) is 15.7 Å². The van der Waals surface area contributed by atoms with Gasteiger partial charge in [0.1, 0.15) is 5.82 Å². The molecule has 0 radical (unpaired) electrons. The summed E-state index contributed by atoms with van der Waals surface area (Å²) < 4.78 is 5.56. The summed E-state index contributed by atoms with van der Waals surface area (Å²) in [5.74, 6) is 6.80. The van der Waals surface area contributed by atoms with Gasteiger partial charge in [-0.3, -0.25) is 0 Å². The number of nitrogens with one attached hydrogen (secondary N) is 2. The molecule has 4 N–H and O–H groups in total. The predicted molar refractivity (Wildman–Crippen MR) is 68.7 cm³/mol. The molecule has 1 aromatic heterocycles. The molecular weight excluding hydrogens is 216 g/mol. The Morgan fingerprint density at radius 1 is 1.47 bits per heavy atom. The summed E-state index contributed by atoms with van der Waals surface area (Å²) in [5, 5.41) is 3.31. The average molecular weight is 236 g/mol. The maximum absolute atomic E-state index is 5.56. The van der Waals surface area contributed by atoms with Crippen molar-refractivity contribution >= 4 is 11.5 Å². The van der Waals surface area contributed by atoms with Crippen LogP contribution in [0, 0.1) is 5.92 Å². The largest absolute Gasteiger partial charge is 0.385 e. The third kappa shape index (κ3) is 4.58. The summed E-state index contributed by atoms with van der Waals surface area (Å²) in [6, 6.07) is 3.80. The van der Waals surface area contributed by atoms with Crippen LogP contribution in [0.1, 0.15) is 19.3 Å². The lowest BCUT2D eigenvalue weighted by atomic mass is 10.3. The summed E-state index contributed by atoms with van der Waals surface area (Å²) >= 11 is 0. The van der Waals surface area contributed by atoms with Gasteiger partial charge in [0.15, 0.2) is 0 Å². The quantitative estimate of drug-likeness (QED) is 0.363. The molecule has 1 aliphatic rings. The number of hydrogen-bond donors (Lipinski definition) is 3. The molecule has 0 spiro atoms. The molecule has 0 saturated heterocycles. The first-order valence-corrected chi connectivity index (χ1v) is 6.13. The van der Waals surface area contributed by atoms with Gasteiger partial charge >= 0.3 is 0 Å². The second-order valence-electron chi connectivity index (χ2n) is 4.37. The zero-order valence-electron chi connectivity index (χ0n) is 9.98. The number of pyridine rings is 1. The first-order chi connectivity index (χ1) is 8.38. The Morgan fingerprint density at radius 3 is 3.12 bits per heavy atom. The minimum absolute atomic E-state index is 0.667. The van der Waals surface area contributed by atoms with Gasteiger partial charge in [-0.1, -0.05) is 0 Å². The molecule has 0 aliphatic heterocycles. The first-order valence-electron chi connectivity index (χ1n) is 6.13. The van der Waals surface area contributed by atoms with Crippen LogP contribution < -0.4 is 16.6 Å². The molecule has 0 amide bonds. The van der Waals surface area contributed by atoms with Crippen LogP contribution in [0.15, 0.2) is 18.3 Å². The van der Waals surface area contributed by atoms with Crippen molar-refractivity contribution < 1.29 is 4.74 Å². The second-order valence-corrected chi connectivity index (χ2v) is 4.37. The predicted octanol–water partition coefficient (Wildman–Crippen LogP) is 1.60. The Kier molecular flexibility index (Phi) is 4.58. The van der Waals surface area contributed by atoms with Gasteiger partial charge in [0.25, 0.3) is 0 Å². The van der Waals surface area contributed by atoms with E-state index in [0.29, 0.717) is 5.82 Å². The molecule has 1 heterocycles. The van der Waals surface area contributed by atoms with Crippen LogP contribution in [-0.4, -0.2) is 24.7 Å². The van der Waals surface area contributed by atoms with Gasteiger partial charge in [0.2, 0.25) is 0 Å². The minimum Gasteiger partial charge on any atom is -0.385 e. The van der Waals surface area contributed by atoms with Gasteiger partial charge in [0.05, 0.1) is 0 Å². The SMILES string of the molecule is NNc1cc(NCCCOCC2CC2)ccn1. The molecule has 0 unspecified atom stereocenters. The Balaban J connectivity index is 1.56. The Bertz CT molecular complexity index is 341. The van der Waals surface area contributed by atoms with Crippen molar-refractivity contribution in [1.29, 1.82) is 0 Å². The monoisotopic (exact) mass is 236 g/mol. The molecule has 1 saturated carbocycles. The molecular formula is C12H20N4O. The minimum atomic E-state index is 0.667. The van der Waals surface area contributed by atoms with Crippen LogP contribution >= 0.6 is 0 Å². The van der Waals surface area contributed by atoms with Crippen LogP contribution in [-0.2, 0) is 4.74 Å². The van der Waals surface area contributed by atoms with Crippen molar-refractivity contribution in [3.63, 3.8) is 0 Å². The van der Waals surface area contributed by atoms with Gasteiger partial charge < -0.3 is 15.5 Å². The van der Waals surface area contributed by atoms with E-state index in [4.69, 9.17) is 10.6 Å². The highest BCUT2D eigenvalue weighted by Crippen LogP contribution is 2.28. The van der Waals surface area contributed by atoms with Crippen LogP contribution in [0.2, 0.25) is 0 Å². The van der Waals surface area contributed by atoms with E-state index in [1.807, 2.05) is 12.1 Å². The first kappa shape index (κ1) is 12.1. The number of hydrazine groups is 1.